The first-order valence-electron chi connectivity index (χ1n) is 8.65. The topological polar surface area (TPSA) is 36.7 Å². The van der Waals surface area contributed by atoms with Crippen molar-refractivity contribution in [3.05, 3.63) is 59.0 Å². The maximum absolute atomic E-state index is 12.9. The molecular formula is C20H26N2O2. The number of piperidine rings is 1. The summed E-state index contributed by atoms with van der Waals surface area (Å²) in [5.74, 6) is 0.786. The maximum Gasteiger partial charge on any atom is 0.257 e. The monoisotopic (exact) mass is 326 g/mol. The molecule has 1 aromatic carbocycles. The normalized spacial score (nSPS) is 18.2. The van der Waals surface area contributed by atoms with E-state index in [-0.39, 0.29) is 11.9 Å². The lowest BCUT2D eigenvalue weighted by atomic mass is 9.93. The van der Waals surface area contributed by atoms with Crippen molar-refractivity contribution in [2.75, 3.05) is 20.6 Å². The molecule has 1 fully saturated rings. The number of aryl methyl sites for hydroxylation is 1. The highest BCUT2D eigenvalue weighted by Gasteiger charge is 2.30. The molecule has 4 nitrogen and oxygen atoms in total. The predicted octanol–water partition coefficient (Wildman–Crippen LogP) is 4.02. The number of hydrogen-bond donors (Lipinski definition) is 0. The van der Waals surface area contributed by atoms with Crippen LogP contribution in [0.5, 0.6) is 0 Å². The zero-order chi connectivity index (χ0) is 17.1. The van der Waals surface area contributed by atoms with Crippen LogP contribution in [0.25, 0.3) is 0 Å². The third kappa shape index (κ3) is 3.54. The Morgan fingerprint density at radius 2 is 1.96 bits per heavy atom. The average Bonchev–Trinajstić information content (AvgIpc) is 3.00. The average molecular weight is 326 g/mol. The number of furan rings is 1. The second-order valence-corrected chi connectivity index (χ2v) is 6.88. The number of carbonyl (C=O) groups is 1. The summed E-state index contributed by atoms with van der Waals surface area (Å²) >= 11 is 0. The van der Waals surface area contributed by atoms with E-state index in [1.165, 1.54) is 11.1 Å². The van der Waals surface area contributed by atoms with Gasteiger partial charge in [-0.25, -0.2) is 0 Å². The lowest BCUT2D eigenvalue weighted by Crippen LogP contribution is -2.38. The van der Waals surface area contributed by atoms with Crippen molar-refractivity contribution in [1.82, 2.24) is 9.80 Å². The molecule has 2 heterocycles. The van der Waals surface area contributed by atoms with Crippen molar-refractivity contribution in [1.29, 1.82) is 0 Å². The molecule has 1 saturated heterocycles. The molecule has 1 unspecified atom stereocenters. The van der Waals surface area contributed by atoms with Gasteiger partial charge in [0.1, 0.15) is 5.76 Å². The van der Waals surface area contributed by atoms with Crippen molar-refractivity contribution in [3.63, 3.8) is 0 Å². The lowest BCUT2D eigenvalue weighted by Gasteiger charge is -2.36. The summed E-state index contributed by atoms with van der Waals surface area (Å²) < 4.78 is 5.32. The van der Waals surface area contributed by atoms with E-state index in [1.807, 2.05) is 11.8 Å². The van der Waals surface area contributed by atoms with E-state index in [1.54, 1.807) is 12.3 Å². The second kappa shape index (κ2) is 7.22. The second-order valence-electron chi connectivity index (χ2n) is 6.88. The van der Waals surface area contributed by atoms with Crippen LogP contribution in [-0.4, -0.2) is 36.3 Å². The fraction of sp³-hybridized carbons (Fsp3) is 0.450. The van der Waals surface area contributed by atoms with Gasteiger partial charge in [0.2, 0.25) is 0 Å². The molecule has 4 heteroatoms. The van der Waals surface area contributed by atoms with Gasteiger partial charge in [0.05, 0.1) is 17.9 Å². The fourth-order valence-corrected chi connectivity index (χ4v) is 3.49. The number of amides is 1. The fourth-order valence-electron chi connectivity index (χ4n) is 3.49. The molecule has 0 saturated carbocycles. The molecule has 1 atom stereocenters. The Morgan fingerprint density at radius 3 is 2.58 bits per heavy atom. The van der Waals surface area contributed by atoms with Crippen molar-refractivity contribution >= 4 is 5.91 Å². The Morgan fingerprint density at radius 1 is 1.21 bits per heavy atom. The van der Waals surface area contributed by atoms with Gasteiger partial charge in [-0.3, -0.25) is 4.79 Å². The quantitative estimate of drug-likeness (QED) is 0.851. The summed E-state index contributed by atoms with van der Waals surface area (Å²) in [4.78, 5) is 17.1. The number of likely N-dealkylation sites (tertiary alicyclic amines) is 1. The highest BCUT2D eigenvalue weighted by atomic mass is 16.3. The minimum absolute atomic E-state index is 0.0864. The molecule has 1 aliphatic heterocycles. The molecule has 24 heavy (non-hydrogen) atoms. The van der Waals surface area contributed by atoms with E-state index in [0.29, 0.717) is 11.3 Å². The summed E-state index contributed by atoms with van der Waals surface area (Å²) in [6.45, 7) is 3.59. The standard InChI is InChI=1S/C20H26N2O2/c1-15-18(11-13-24-15)20(23)22-12-5-4-6-19(22)17-9-7-16(8-10-17)14-21(2)3/h7-11,13,19H,4-6,12,14H2,1-3H3. The minimum Gasteiger partial charge on any atom is -0.469 e. The summed E-state index contributed by atoms with van der Waals surface area (Å²) in [6.07, 6.45) is 4.85. The predicted molar refractivity (Wildman–Crippen MR) is 94.9 cm³/mol. The Hall–Kier alpha value is -2.07. The summed E-state index contributed by atoms with van der Waals surface area (Å²) in [6, 6.07) is 10.7. The highest BCUT2D eigenvalue weighted by molar-refractivity contribution is 5.95. The Kier molecular flexibility index (Phi) is 5.05. The van der Waals surface area contributed by atoms with E-state index in [0.717, 1.165) is 32.4 Å². The minimum atomic E-state index is 0.0864. The van der Waals surface area contributed by atoms with E-state index in [9.17, 15) is 4.79 Å². The smallest absolute Gasteiger partial charge is 0.257 e. The SMILES string of the molecule is Cc1occc1C(=O)N1CCCCC1c1ccc(CN(C)C)cc1. The van der Waals surface area contributed by atoms with Crippen molar-refractivity contribution < 1.29 is 9.21 Å². The first-order chi connectivity index (χ1) is 11.6. The van der Waals surface area contributed by atoms with Gasteiger partial charge < -0.3 is 14.2 Å². The van der Waals surface area contributed by atoms with Gasteiger partial charge in [0, 0.05) is 13.1 Å². The Labute approximate surface area is 144 Å². The van der Waals surface area contributed by atoms with Gasteiger partial charge in [-0.1, -0.05) is 24.3 Å². The molecule has 1 aromatic heterocycles. The van der Waals surface area contributed by atoms with E-state index >= 15 is 0 Å². The van der Waals surface area contributed by atoms with Crippen LogP contribution < -0.4 is 0 Å². The zero-order valence-corrected chi connectivity index (χ0v) is 14.8. The van der Waals surface area contributed by atoms with Gasteiger partial charge in [0.15, 0.2) is 0 Å². The largest absolute Gasteiger partial charge is 0.469 e. The number of rotatable bonds is 4. The molecule has 128 valence electrons. The maximum atomic E-state index is 12.9. The van der Waals surface area contributed by atoms with E-state index in [4.69, 9.17) is 4.42 Å². The summed E-state index contributed by atoms with van der Waals surface area (Å²) in [5.41, 5.74) is 3.21. The number of benzene rings is 1. The van der Waals surface area contributed by atoms with Crippen molar-refractivity contribution in [2.45, 2.75) is 38.8 Å². The van der Waals surface area contributed by atoms with Crippen molar-refractivity contribution in [3.8, 4) is 0 Å². The third-order valence-electron chi connectivity index (χ3n) is 4.72. The van der Waals surface area contributed by atoms with Gasteiger partial charge >= 0.3 is 0 Å². The summed E-state index contributed by atoms with van der Waals surface area (Å²) in [5, 5.41) is 0. The first kappa shape index (κ1) is 16.8. The molecule has 0 spiro atoms. The molecule has 0 bridgehead atoms. The molecule has 0 N–H and O–H groups in total. The Bertz CT molecular complexity index is 688. The number of hydrogen-bond acceptors (Lipinski definition) is 3. The molecule has 0 radical (unpaired) electrons. The van der Waals surface area contributed by atoms with Crippen LogP contribution in [0.3, 0.4) is 0 Å². The Balaban J connectivity index is 1.82. The molecule has 1 aliphatic rings. The van der Waals surface area contributed by atoms with Crippen LogP contribution in [0.15, 0.2) is 41.0 Å². The van der Waals surface area contributed by atoms with Gasteiger partial charge in [-0.05, 0) is 57.5 Å². The van der Waals surface area contributed by atoms with Gasteiger partial charge in [-0.2, -0.15) is 0 Å². The van der Waals surface area contributed by atoms with Gasteiger partial charge in [0.25, 0.3) is 5.91 Å². The lowest BCUT2D eigenvalue weighted by molar-refractivity contribution is 0.0610. The molecule has 3 rings (SSSR count). The van der Waals surface area contributed by atoms with E-state index < -0.39 is 0 Å². The number of nitrogens with zero attached hydrogens (tertiary/aromatic N) is 2. The van der Waals surface area contributed by atoms with Gasteiger partial charge in [-0.15, -0.1) is 0 Å². The van der Waals surface area contributed by atoms with Crippen LogP contribution in [0.1, 0.15) is 52.5 Å². The molecular weight excluding hydrogens is 300 g/mol. The van der Waals surface area contributed by atoms with E-state index in [2.05, 4.69) is 43.3 Å². The molecule has 2 aromatic rings. The first-order valence-corrected chi connectivity index (χ1v) is 8.65. The van der Waals surface area contributed by atoms with Crippen molar-refractivity contribution in [2.24, 2.45) is 0 Å². The van der Waals surface area contributed by atoms with Crippen LogP contribution in [0.2, 0.25) is 0 Å². The zero-order valence-electron chi connectivity index (χ0n) is 14.8. The van der Waals surface area contributed by atoms with Crippen LogP contribution >= 0.6 is 0 Å². The molecule has 0 aliphatic carbocycles. The highest BCUT2D eigenvalue weighted by Crippen LogP contribution is 2.32. The van der Waals surface area contributed by atoms with Crippen LogP contribution in [0.4, 0.5) is 0 Å². The number of carbonyl (C=O) groups excluding carboxylic acids is 1. The third-order valence-corrected chi connectivity index (χ3v) is 4.72. The van der Waals surface area contributed by atoms with Crippen LogP contribution in [0, 0.1) is 6.92 Å². The summed E-state index contributed by atoms with van der Waals surface area (Å²) in [7, 11) is 4.14. The molecule has 1 amide bonds. The van der Waals surface area contributed by atoms with Crippen LogP contribution in [-0.2, 0) is 6.54 Å².